The molecule has 1 atom stereocenters. The maximum atomic E-state index is 11.8. The molecule has 6 heteroatoms. The van der Waals surface area contributed by atoms with E-state index in [0.717, 1.165) is 0 Å². The fraction of sp³-hybridized carbons (Fsp3) is 0.267. The fourth-order valence-electron chi connectivity index (χ4n) is 2.13. The summed E-state index contributed by atoms with van der Waals surface area (Å²) in [6, 6.07) is 8.83. The second-order valence-electron chi connectivity index (χ2n) is 4.53. The number of hydrogen-bond donors (Lipinski definition) is 1. The number of benzene rings is 1. The Labute approximate surface area is 121 Å². The zero-order valence-corrected chi connectivity index (χ0v) is 11.4. The summed E-state index contributed by atoms with van der Waals surface area (Å²) >= 11 is 0. The molecule has 1 aromatic carbocycles. The Morgan fingerprint density at radius 3 is 2.52 bits per heavy atom. The predicted octanol–water partition coefficient (Wildman–Crippen LogP) is 1.75. The molecule has 1 aliphatic rings. The summed E-state index contributed by atoms with van der Waals surface area (Å²) in [5.74, 6) is -2.53. The number of carbonyl (C=O) groups is 3. The SMILES string of the molecule is CC(=O)OC1=C(c2ccccc2)C(CCC(=O)O)OC1=O. The molecule has 0 radical (unpaired) electrons. The van der Waals surface area contributed by atoms with E-state index in [9.17, 15) is 14.4 Å². The molecular formula is C15H14O6. The van der Waals surface area contributed by atoms with Crippen LogP contribution in [-0.4, -0.2) is 29.1 Å². The third kappa shape index (κ3) is 3.47. The first-order valence-electron chi connectivity index (χ1n) is 6.40. The summed E-state index contributed by atoms with van der Waals surface area (Å²) < 4.78 is 10.1. The van der Waals surface area contributed by atoms with Crippen molar-refractivity contribution >= 4 is 23.5 Å². The van der Waals surface area contributed by atoms with Crippen molar-refractivity contribution in [1.82, 2.24) is 0 Å². The Morgan fingerprint density at radius 1 is 1.29 bits per heavy atom. The molecule has 1 aliphatic heterocycles. The van der Waals surface area contributed by atoms with E-state index in [2.05, 4.69) is 0 Å². The van der Waals surface area contributed by atoms with Crippen LogP contribution < -0.4 is 0 Å². The Morgan fingerprint density at radius 2 is 1.95 bits per heavy atom. The summed E-state index contributed by atoms with van der Waals surface area (Å²) in [6.45, 7) is 1.19. The van der Waals surface area contributed by atoms with Crippen molar-refractivity contribution in [3.63, 3.8) is 0 Å². The summed E-state index contributed by atoms with van der Waals surface area (Å²) in [7, 11) is 0. The second-order valence-corrected chi connectivity index (χ2v) is 4.53. The summed E-state index contributed by atoms with van der Waals surface area (Å²) in [6.07, 6.45) is -0.761. The van der Waals surface area contributed by atoms with Crippen LogP contribution in [0.4, 0.5) is 0 Å². The van der Waals surface area contributed by atoms with Gasteiger partial charge in [0.05, 0.1) is 5.57 Å². The minimum atomic E-state index is -0.987. The molecular weight excluding hydrogens is 276 g/mol. The third-order valence-electron chi connectivity index (χ3n) is 2.95. The van der Waals surface area contributed by atoms with Crippen LogP contribution in [0.5, 0.6) is 0 Å². The molecule has 0 amide bonds. The molecule has 1 N–H and O–H groups in total. The molecule has 0 aliphatic carbocycles. The van der Waals surface area contributed by atoms with Gasteiger partial charge in [-0.2, -0.15) is 0 Å². The Balaban J connectivity index is 2.39. The van der Waals surface area contributed by atoms with Crippen molar-refractivity contribution in [2.45, 2.75) is 25.9 Å². The molecule has 1 unspecified atom stereocenters. The van der Waals surface area contributed by atoms with Gasteiger partial charge < -0.3 is 14.6 Å². The van der Waals surface area contributed by atoms with Gasteiger partial charge in [-0.1, -0.05) is 30.3 Å². The van der Waals surface area contributed by atoms with E-state index in [4.69, 9.17) is 14.6 Å². The normalized spacial score (nSPS) is 17.6. The standard InChI is InChI=1S/C15H14O6/c1-9(16)20-14-13(10-5-3-2-4-6-10)11(21-15(14)19)7-8-12(17)18/h2-6,11H,7-8H2,1H3,(H,17,18). The molecule has 6 nitrogen and oxygen atoms in total. The quantitative estimate of drug-likeness (QED) is 0.831. The third-order valence-corrected chi connectivity index (χ3v) is 2.95. The van der Waals surface area contributed by atoms with E-state index in [1.807, 2.05) is 0 Å². The van der Waals surface area contributed by atoms with Crippen LogP contribution in [0.3, 0.4) is 0 Å². The fourth-order valence-corrected chi connectivity index (χ4v) is 2.13. The van der Waals surface area contributed by atoms with Crippen LogP contribution in [0.1, 0.15) is 25.3 Å². The molecule has 1 heterocycles. The zero-order valence-electron chi connectivity index (χ0n) is 11.4. The first kappa shape index (κ1) is 14.8. The Bertz CT molecular complexity index is 602. The molecule has 110 valence electrons. The van der Waals surface area contributed by atoms with Gasteiger partial charge in [0, 0.05) is 13.3 Å². The van der Waals surface area contributed by atoms with Crippen LogP contribution in [-0.2, 0) is 23.9 Å². The summed E-state index contributed by atoms with van der Waals surface area (Å²) in [5.41, 5.74) is 1.08. The van der Waals surface area contributed by atoms with E-state index in [1.165, 1.54) is 6.92 Å². The van der Waals surface area contributed by atoms with Gasteiger partial charge in [-0.25, -0.2) is 4.79 Å². The number of rotatable bonds is 5. The van der Waals surface area contributed by atoms with E-state index in [-0.39, 0.29) is 18.6 Å². The van der Waals surface area contributed by atoms with Crippen molar-refractivity contribution in [2.24, 2.45) is 0 Å². The van der Waals surface area contributed by atoms with E-state index < -0.39 is 24.0 Å². The molecule has 0 fully saturated rings. The van der Waals surface area contributed by atoms with Crippen molar-refractivity contribution < 1.29 is 29.0 Å². The topological polar surface area (TPSA) is 89.9 Å². The van der Waals surface area contributed by atoms with Crippen molar-refractivity contribution in [3.05, 3.63) is 41.7 Å². The minimum absolute atomic E-state index is 0.121. The molecule has 0 spiro atoms. The van der Waals surface area contributed by atoms with Gasteiger partial charge in [0.1, 0.15) is 6.10 Å². The molecule has 21 heavy (non-hydrogen) atoms. The molecule has 0 saturated carbocycles. The Hall–Kier alpha value is -2.63. The maximum Gasteiger partial charge on any atom is 0.375 e. The summed E-state index contributed by atoms with van der Waals surface area (Å²) in [5, 5.41) is 8.77. The minimum Gasteiger partial charge on any atom is -0.481 e. The molecule has 2 rings (SSSR count). The smallest absolute Gasteiger partial charge is 0.375 e. The first-order chi connectivity index (χ1) is 9.99. The van der Waals surface area contributed by atoms with Gasteiger partial charge >= 0.3 is 17.9 Å². The monoisotopic (exact) mass is 290 g/mol. The number of ether oxygens (including phenoxy) is 2. The Kier molecular flexibility index (Phi) is 4.37. The highest BCUT2D eigenvalue weighted by Crippen LogP contribution is 2.34. The van der Waals surface area contributed by atoms with Crippen LogP contribution in [0.2, 0.25) is 0 Å². The lowest BCUT2D eigenvalue weighted by Crippen LogP contribution is -2.13. The second kappa shape index (κ2) is 6.21. The number of carboxylic acids is 1. The van der Waals surface area contributed by atoms with Gasteiger partial charge in [-0.15, -0.1) is 0 Å². The van der Waals surface area contributed by atoms with Gasteiger partial charge in [0.2, 0.25) is 5.76 Å². The number of esters is 2. The largest absolute Gasteiger partial charge is 0.481 e. The molecule has 0 saturated heterocycles. The van der Waals surface area contributed by atoms with Crippen molar-refractivity contribution in [3.8, 4) is 0 Å². The highest BCUT2D eigenvalue weighted by atomic mass is 16.6. The lowest BCUT2D eigenvalue weighted by Gasteiger charge is -2.12. The molecule has 0 aromatic heterocycles. The highest BCUT2D eigenvalue weighted by molar-refractivity contribution is 6.02. The van der Waals surface area contributed by atoms with E-state index in [1.54, 1.807) is 30.3 Å². The predicted molar refractivity (Wildman–Crippen MR) is 71.9 cm³/mol. The van der Waals surface area contributed by atoms with Gasteiger partial charge in [0.15, 0.2) is 0 Å². The van der Waals surface area contributed by atoms with Gasteiger partial charge in [-0.05, 0) is 12.0 Å². The van der Waals surface area contributed by atoms with E-state index in [0.29, 0.717) is 11.1 Å². The number of carboxylic acid groups (broad SMARTS) is 1. The van der Waals surface area contributed by atoms with Crippen LogP contribution in [0, 0.1) is 0 Å². The number of carbonyl (C=O) groups excluding carboxylic acids is 2. The van der Waals surface area contributed by atoms with Crippen LogP contribution in [0.25, 0.3) is 5.57 Å². The van der Waals surface area contributed by atoms with Crippen molar-refractivity contribution in [2.75, 3.05) is 0 Å². The first-order valence-corrected chi connectivity index (χ1v) is 6.40. The maximum absolute atomic E-state index is 11.8. The van der Waals surface area contributed by atoms with Gasteiger partial charge in [0.25, 0.3) is 0 Å². The summed E-state index contributed by atoms with van der Waals surface area (Å²) in [4.78, 5) is 33.7. The van der Waals surface area contributed by atoms with E-state index >= 15 is 0 Å². The lowest BCUT2D eigenvalue weighted by molar-refractivity contribution is -0.149. The highest BCUT2D eigenvalue weighted by Gasteiger charge is 2.37. The van der Waals surface area contributed by atoms with Gasteiger partial charge in [-0.3, -0.25) is 9.59 Å². The average Bonchev–Trinajstić information content (AvgIpc) is 2.73. The average molecular weight is 290 g/mol. The zero-order chi connectivity index (χ0) is 15.4. The number of cyclic esters (lactones) is 1. The van der Waals surface area contributed by atoms with Crippen molar-refractivity contribution in [1.29, 1.82) is 0 Å². The molecule has 1 aromatic rings. The van der Waals surface area contributed by atoms with Crippen LogP contribution in [0.15, 0.2) is 36.1 Å². The number of aliphatic carboxylic acids is 1. The molecule has 0 bridgehead atoms. The number of hydrogen-bond acceptors (Lipinski definition) is 5. The lowest BCUT2D eigenvalue weighted by atomic mass is 9.97. The van der Waals surface area contributed by atoms with Crippen LogP contribution >= 0.6 is 0 Å².